The van der Waals surface area contributed by atoms with Crippen molar-refractivity contribution in [3.05, 3.63) is 0 Å². The molecule has 0 aromatic heterocycles. The minimum Gasteiger partial charge on any atom is -0.391 e. The highest BCUT2D eigenvalue weighted by Gasteiger charge is 2.45. The number of aliphatic hydroxyl groups excluding tert-OH is 2. The fourth-order valence-corrected chi connectivity index (χ4v) is 14.8. The summed E-state index contributed by atoms with van der Waals surface area (Å²) in [5.74, 6) is -9.67. The second-order valence-electron chi connectivity index (χ2n) is 32.0. The van der Waals surface area contributed by atoms with Crippen LogP contribution in [-0.4, -0.2) is 268 Å². The van der Waals surface area contributed by atoms with E-state index >= 15 is 23.6 Å². The van der Waals surface area contributed by atoms with Crippen LogP contribution in [0.15, 0.2) is 0 Å². The minimum absolute atomic E-state index is 0.000460. The van der Waals surface area contributed by atoms with Gasteiger partial charge in [-0.1, -0.05) is 108 Å². The number of halogens is 1. The molecular formula is C75H131FN12O14. The molecule has 4 aliphatic rings. The van der Waals surface area contributed by atoms with Crippen LogP contribution in [0.25, 0.3) is 0 Å². The number of alkyl halides is 1. The fourth-order valence-electron chi connectivity index (χ4n) is 14.8. The van der Waals surface area contributed by atoms with E-state index in [1.807, 2.05) is 69.2 Å². The van der Waals surface area contributed by atoms with E-state index < -0.39 is 168 Å². The number of likely N-dealkylation sites (tertiary alicyclic amines) is 1. The van der Waals surface area contributed by atoms with E-state index in [0.717, 1.165) is 48.3 Å². The molecule has 2 saturated carbocycles. The van der Waals surface area contributed by atoms with Crippen LogP contribution in [0.5, 0.6) is 0 Å². The Kier molecular flexibility index (Phi) is 35.5. The van der Waals surface area contributed by atoms with Crippen LogP contribution >= 0.6 is 0 Å². The molecule has 2 aliphatic heterocycles. The quantitative estimate of drug-likeness (QED) is 0.118. The first kappa shape index (κ1) is 87.9. The van der Waals surface area contributed by atoms with Gasteiger partial charge in [0.25, 0.3) is 0 Å². The van der Waals surface area contributed by atoms with Crippen molar-refractivity contribution in [3.63, 3.8) is 0 Å². The predicted molar refractivity (Wildman–Crippen MR) is 388 cm³/mol. The van der Waals surface area contributed by atoms with Crippen molar-refractivity contribution < 1.29 is 72.1 Å². The molecule has 15 atom stereocenters. The lowest BCUT2D eigenvalue weighted by atomic mass is 9.82. The maximum absolute atomic E-state index is 15.7. The van der Waals surface area contributed by atoms with Gasteiger partial charge in [-0.25, -0.2) is 4.39 Å². The number of nitrogens with one attached hydrogen (secondary N) is 4. The van der Waals surface area contributed by atoms with Crippen molar-refractivity contribution in [2.45, 2.75) is 297 Å². The second-order valence-corrected chi connectivity index (χ2v) is 32.0. The molecule has 0 radical (unpaired) electrons. The van der Waals surface area contributed by atoms with Crippen LogP contribution in [0.3, 0.4) is 0 Å². The monoisotopic (exact) mass is 1440 g/mol. The average molecular weight is 1440 g/mol. The Morgan fingerprint density at radius 2 is 0.931 bits per heavy atom. The first-order valence-electron chi connectivity index (χ1n) is 38.1. The number of nitrogens with zero attached hydrogens (tertiary/aromatic N) is 8. The van der Waals surface area contributed by atoms with Gasteiger partial charge in [0.15, 0.2) is 0 Å². The molecule has 0 spiro atoms. The van der Waals surface area contributed by atoms with Crippen LogP contribution in [0.1, 0.15) is 218 Å². The Balaban J connectivity index is 1.93. The van der Waals surface area contributed by atoms with E-state index in [2.05, 4.69) is 21.3 Å². The highest BCUT2D eigenvalue weighted by Crippen LogP contribution is 2.33. The van der Waals surface area contributed by atoms with Crippen molar-refractivity contribution >= 4 is 70.9 Å². The summed E-state index contributed by atoms with van der Waals surface area (Å²) in [5.41, 5.74) is 0. The van der Waals surface area contributed by atoms with E-state index in [1.54, 1.807) is 4.90 Å². The van der Waals surface area contributed by atoms with Crippen molar-refractivity contribution in [1.82, 2.24) is 60.5 Å². The molecular weight excluding hydrogens is 1310 g/mol. The Hall–Kier alpha value is -6.51. The predicted octanol–water partition coefficient (Wildman–Crippen LogP) is 5.03. The van der Waals surface area contributed by atoms with E-state index in [0.29, 0.717) is 32.4 Å². The molecule has 12 amide bonds. The standard InChI is InChI=1S/C75H131FN12O14/c1-20-48(10)64-74(101)87(19)60(42-51-28-23-21-24-29-51)73(100)86(18)58(38-46(6)7)67(94)77-54(41-52-31-32-61(90)53(76)40-52)71(98)85(17)59(39-47(8)9)69(96)80-65(50(12)89)75(102)82(14)49(11)70(97)84(16)57(37-45(4)5)66(93)78-55(72(99)88-34-25-22-26-35-88)43-63(92)81(13)33-27-30-62(91)83(15)56(36-44(2)3)68(95)79-64/h44-61,64-65,89-90H,20-43H2,1-19H3,(H,77,94)(H,78,93)(H,79,95)(H,80,96)/t48-,49-,50+,52?,53?,54-,55-,56-,57-,58-,59-,60-,61?,64-,65-/m0/s1. The fraction of sp³-hybridized carbons (Fsp3) is 0.840. The first-order valence-corrected chi connectivity index (χ1v) is 38.1. The molecule has 2 aliphatic carbocycles. The summed E-state index contributed by atoms with van der Waals surface area (Å²) in [6, 6.07) is -13.1. The number of likely N-dealkylation sites (N-methyl/N-ethyl adjacent to an activating group) is 6. The third-order valence-electron chi connectivity index (χ3n) is 21.8. The summed E-state index contributed by atoms with van der Waals surface area (Å²) in [5, 5.41) is 33.3. The van der Waals surface area contributed by atoms with Gasteiger partial charge in [0.1, 0.15) is 66.6 Å². The summed E-state index contributed by atoms with van der Waals surface area (Å²) >= 11 is 0. The third kappa shape index (κ3) is 25.1. The third-order valence-corrected chi connectivity index (χ3v) is 21.8. The zero-order valence-corrected chi connectivity index (χ0v) is 65.3. The number of hydrogen-bond donors (Lipinski definition) is 6. The van der Waals surface area contributed by atoms with Crippen LogP contribution in [0, 0.1) is 41.4 Å². The normalized spacial score (nSPS) is 29.6. The van der Waals surface area contributed by atoms with Crippen LogP contribution in [0.4, 0.5) is 4.39 Å². The van der Waals surface area contributed by atoms with Gasteiger partial charge < -0.3 is 70.7 Å². The van der Waals surface area contributed by atoms with Gasteiger partial charge in [-0.3, -0.25) is 57.5 Å². The number of aliphatic hydroxyl groups is 2. The molecule has 26 nitrogen and oxygen atoms in total. The summed E-state index contributed by atoms with van der Waals surface area (Å²) in [4.78, 5) is 190. The van der Waals surface area contributed by atoms with Crippen molar-refractivity contribution in [3.8, 4) is 0 Å². The molecule has 6 N–H and O–H groups in total. The van der Waals surface area contributed by atoms with Crippen molar-refractivity contribution in [1.29, 1.82) is 0 Å². The second kappa shape index (κ2) is 41.3. The van der Waals surface area contributed by atoms with Crippen LogP contribution in [0.2, 0.25) is 0 Å². The Labute approximate surface area is 608 Å². The van der Waals surface area contributed by atoms with E-state index in [4.69, 9.17) is 0 Å². The molecule has 582 valence electrons. The molecule has 0 aromatic carbocycles. The molecule has 0 aromatic rings. The Bertz CT molecular complexity index is 2820. The zero-order valence-electron chi connectivity index (χ0n) is 65.3. The summed E-state index contributed by atoms with van der Waals surface area (Å²) in [7, 11) is 10.1. The highest BCUT2D eigenvalue weighted by molar-refractivity contribution is 5.99. The number of carbonyl (C=O) groups is 12. The molecule has 3 unspecified atom stereocenters. The van der Waals surface area contributed by atoms with E-state index in [9.17, 15) is 48.6 Å². The Morgan fingerprint density at radius 1 is 0.480 bits per heavy atom. The average Bonchev–Trinajstić information content (AvgIpc) is 0.815. The van der Waals surface area contributed by atoms with Crippen LogP contribution < -0.4 is 21.3 Å². The molecule has 0 bridgehead atoms. The lowest BCUT2D eigenvalue weighted by Crippen LogP contribution is -2.62. The summed E-state index contributed by atoms with van der Waals surface area (Å²) in [6.45, 7) is 22.1. The minimum atomic E-state index is -1.71. The topological polar surface area (TPSA) is 319 Å². The molecule has 102 heavy (non-hydrogen) atoms. The lowest BCUT2D eigenvalue weighted by molar-refractivity contribution is -0.151. The number of rotatable bonds is 16. The highest BCUT2D eigenvalue weighted by atomic mass is 19.1. The Morgan fingerprint density at radius 3 is 1.43 bits per heavy atom. The largest absolute Gasteiger partial charge is 0.391 e. The molecule has 4 rings (SSSR count). The van der Waals surface area contributed by atoms with Crippen LogP contribution in [-0.2, 0) is 57.5 Å². The van der Waals surface area contributed by atoms with Crippen molar-refractivity contribution in [2.75, 3.05) is 69.0 Å². The zero-order chi connectivity index (χ0) is 76.9. The number of hydrogen-bond acceptors (Lipinski definition) is 14. The van der Waals surface area contributed by atoms with Crippen molar-refractivity contribution in [2.24, 2.45) is 41.4 Å². The lowest BCUT2D eigenvalue weighted by Gasteiger charge is -2.40. The molecule has 4 fully saturated rings. The molecule has 2 heterocycles. The summed E-state index contributed by atoms with van der Waals surface area (Å²) in [6.07, 6.45) is 2.97. The SMILES string of the molecule is CC[C@H](C)[C@@H]1NC(=O)[C@H](CC(C)C)N(C)C(=O)CCCN(C)C(=O)C[C@@H](C(=O)N2CCCCC2)NC(=O)[C@H](CC(C)C)N(C)C(=O)[C@H](C)N(C)C(=O)[C@H]([C@@H](C)O)NC(=O)[C@H](CC(C)C)N(C)C(=O)[C@H](CC2CCC(O)C(F)C2)NC(=O)[C@H](CC(C)C)N(C)C(=O)[C@H](CC2CCCCC2)N(C)C1=O. The van der Waals surface area contributed by atoms with E-state index in [-0.39, 0.29) is 107 Å². The molecule has 27 heteroatoms. The van der Waals surface area contributed by atoms with Gasteiger partial charge in [-0.15, -0.1) is 0 Å². The molecule has 2 saturated heterocycles. The number of amides is 12. The van der Waals surface area contributed by atoms with Gasteiger partial charge in [0, 0.05) is 75.4 Å². The smallest absolute Gasteiger partial charge is 0.248 e. The first-order chi connectivity index (χ1) is 47.7. The number of piperidine rings is 1. The van der Waals surface area contributed by atoms with E-state index in [1.165, 1.54) is 87.7 Å². The van der Waals surface area contributed by atoms with Gasteiger partial charge in [0.2, 0.25) is 70.9 Å². The van der Waals surface area contributed by atoms with Gasteiger partial charge in [-0.2, -0.15) is 0 Å². The van der Waals surface area contributed by atoms with Gasteiger partial charge >= 0.3 is 0 Å². The maximum atomic E-state index is 15.7. The number of carbonyl (C=O) groups excluding carboxylic acids is 12. The summed E-state index contributed by atoms with van der Waals surface area (Å²) < 4.78 is 15.5. The maximum Gasteiger partial charge on any atom is 0.248 e. The van der Waals surface area contributed by atoms with Gasteiger partial charge in [0.05, 0.1) is 18.6 Å². The van der Waals surface area contributed by atoms with Gasteiger partial charge in [-0.05, 0) is 139 Å².